The number of rotatable bonds is 5. The first kappa shape index (κ1) is 22.8. The number of amides is 1. The molecule has 3 rings (SSSR count). The lowest BCUT2D eigenvalue weighted by atomic mass is 10.2. The third kappa shape index (κ3) is 7.11. The predicted molar refractivity (Wildman–Crippen MR) is 117 cm³/mol. The average molecular weight is 453 g/mol. The molecule has 0 unspecified atom stereocenters. The summed E-state index contributed by atoms with van der Waals surface area (Å²) in [4.78, 5) is 16.3. The average Bonchev–Trinajstić information content (AvgIpc) is 2.70. The van der Waals surface area contributed by atoms with Crippen molar-refractivity contribution in [1.29, 1.82) is 0 Å². The van der Waals surface area contributed by atoms with E-state index in [-0.39, 0.29) is 18.2 Å². The number of carbonyl (C=O) groups excluding carboxylic acids is 1. The fourth-order valence-corrected chi connectivity index (χ4v) is 3.45. The zero-order valence-corrected chi connectivity index (χ0v) is 17.7. The van der Waals surface area contributed by atoms with E-state index in [9.17, 15) is 18.0 Å². The van der Waals surface area contributed by atoms with Crippen molar-refractivity contribution in [3.8, 4) is 5.75 Å². The molecule has 1 saturated heterocycles. The first-order valence-corrected chi connectivity index (χ1v) is 10.1. The van der Waals surface area contributed by atoms with E-state index < -0.39 is 6.36 Å². The van der Waals surface area contributed by atoms with Gasteiger partial charge < -0.3 is 20.3 Å². The van der Waals surface area contributed by atoms with Crippen LogP contribution in [0.1, 0.15) is 5.56 Å². The third-order valence-electron chi connectivity index (χ3n) is 4.79. The van der Waals surface area contributed by atoms with Crippen molar-refractivity contribution < 1.29 is 22.7 Å². The van der Waals surface area contributed by atoms with Crippen molar-refractivity contribution in [1.82, 2.24) is 9.80 Å². The van der Waals surface area contributed by atoms with Crippen molar-refractivity contribution in [2.24, 2.45) is 0 Å². The number of nitrogens with one attached hydrogen (secondary N) is 2. The summed E-state index contributed by atoms with van der Waals surface area (Å²) in [5, 5.41) is 6.60. The Bertz CT molecular complexity index is 914. The minimum atomic E-state index is -4.75. The largest absolute Gasteiger partial charge is 0.573 e. The molecule has 0 radical (unpaired) electrons. The van der Waals surface area contributed by atoms with Crippen molar-refractivity contribution in [3.63, 3.8) is 0 Å². The van der Waals surface area contributed by atoms with E-state index in [0.717, 1.165) is 23.4 Å². The Labute approximate surface area is 184 Å². The van der Waals surface area contributed by atoms with Crippen LogP contribution in [0, 0.1) is 6.92 Å². The molecule has 0 atom stereocenters. The second-order valence-electron chi connectivity index (χ2n) is 7.13. The molecular weight excluding hydrogens is 429 g/mol. The summed E-state index contributed by atoms with van der Waals surface area (Å²) in [5.41, 5.74) is 2.49. The SMILES string of the molecule is Cc1ccccc1NC(=S)N1CCN(CC(=O)Nc2ccc(OC(F)(F)F)cc2)CC1. The molecule has 0 aliphatic carbocycles. The summed E-state index contributed by atoms with van der Waals surface area (Å²) in [6.45, 7) is 4.91. The summed E-state index contributed by atoms with van der Waals surface area (Å²) in [6, 6.07) is 13.0. The number of ether oxygens (including phenoxy) is 1. The van der Waals surface area contributed by atoms with Crippen LogP contribution < -0.4 is 15.4 Å². The van der Waals surface area contributed by atoms with Crippen LogP contribution in [-0.2, 0) is 4.79 Å². The molecule has 1 heterocycles. The monoisotopic (exact) mass is 452 g/mol. The molecule has 1 aliphatic heterocycles. The van der Waals surface area contributed by atoms with E-state index in [4.69, 9.17) is 12.2 Å². The quantitative estimate of drug-likeness (QED) is 0.673. The van der Waals surface area contributed by atoms with Crippen LogP contribution in [0.3, 0.4) is 0 Å². The zero-order valence-electron chi connectivity index (χ0n) is 16.9. The first-order valence-electron chi connectivity index (χ1n) is 9.69. The predicted octanol–water partition coefficient (Wildman–Crippen LogP) is 3.85. The van der Waals surface area contributed by atoms with Gasteiger partial charge in [-0.1, -0.05) is 18.2 Å². The standard InChI is InChI=1S/C21H23F3N4O2S/c1-15-4-2-3-5-18(15)26-20(31)28-12-10-27(11-13-28)14-19(29)25-16-6-8-17(9-7-16)30-21(22,23)24/h2-9H,10-14H2,1H3,(H,25,29)(H,26,31). The molecule has 6 nitrogen and oxygen atoms in total. The topological polar surface area (TPSA) is 56.8 Å². The Morgan fingerprint density at radius 1 is 1.03 bits per heavy atom. The number of thiocarbonyl (C=S) groups is 1. The van der Waals surface area contributed by atoms with E-state index >= 15 is 0 Å². The number of para-hydroxylation sites is 1. The van der Waals surface area contributed by atoms with Crippen molar-refractivity contribution >= 4 is 34.6 Å². The highest BCUT2D eigenvalue weighted by Gasteiger charge is 2.31. The summed E-state index contributed by atoms with van der Waals surface area (Å²) in [6.07, 6.45) is -4.75. The summed E-state index contributed by atoms with van der Waals surface area (Å²) in [5.74, 6) is -0.574. The van der Waals surface area contributed by atoms with E-state index in [2.05, 4.69) is 20.3 Å². The van der Waals surface area contributed by atoms with Gasteiger partial charge in [-0.25, -0.2) is 0 Å². The van der Waals surface area contributed by atoms with Gasteiger partial charge in [-0.15, -0.1) is 13.2 Å². The van der Waals surface area contributed by atoms with Gasteiger partial charge in [-0.2, -0.15) is 0 Å². The number of halogens is 3. The molecule has 10 heteroatoms. The molecule has 2 N–H and O–H groups in total. The molecule has 2 aromatic carbocycles. The van der Waals surface area contributed by atoms with Gasteiger partial charge >= 0.3 is 6.36 Å². The molecule has 0 saturated carbocycles. The van der Waals surface area contributed by atoms with Crippen LogP contribution in [0.5, 0.6) is 5.75 Å². The van der Waals surface area contributed by atoms with Crippen LogP contribution in [-0.4, -0.2) is 59.9 Å². The smallest absolute Gasteiger partial charge is 0.406 e. The number of piperazine rings is 1. The Hall–Kier alpha value is -2.85. The number of nitrogens with zero attached hydrogens (tertiary/aromatic N) is 2. The van der Waals surface area contributed by atoms with Gasteiger partial charge in [-0.3, -0.25) is 9.69 Å². The van der Waals surface area contributed by atoms with Crippen LogP contribution in [0.15, 0.2) is 48.5 Å². The van der Waals surface area contributed by atoms with Gasteiger partial charge in [0.25, 0.3) is 0 Å². The normalized spacial score (nSPS) is 14.8. The maximum atomic E-state index is 12.3. The van der Waals surface area contributed by atoms with E-state index in [1.807, 2.05) is 36.1 Å². The van der Waals surface area contributed by atoms with Crippen molar-refractivity contribution in [3.05, 3.63) is 54.1 Å². The van der Waals surface area contributed by atoms with Crippen LogP contribution in [0.25, 0.3) is 0 Å². The Morgan fingerprint density at radius 3 is 2.29 bits per heavy atom. The Balaban J connectivity index is 1.42. The molecule has 0 aromatic heterocycles. The highest BCUT2D eigenvalue weighted by molar-refractivity contribution is 7.80. The summed E-state index contributed by atoms with van der Waals surface area (Å²) >= 11 is 5.51. The lowest BCUT2D eigenvalue weighted by molar-refractivity contribution is -0.274. The maximum Gasteiger partial charge on any atom is 0.573 e. The van der Waals surface area contributed by atoms with Gasteiger partial charge in [-0.05, 0) is 55.0 Å². The van der Waals surface area contributed by atoms with Gasteiger partial charge in [0.15, 0.2) is 5.11 Å². The maximum absolute atomic E-state index is 12.3. The molecule has 2 aromatic rings. The van der Waals surface area contributed by atoms with Crippen LogP contribution in [0.2, 0.25) is 0 Å². The number of anilines is 2. The van der Waals surface area contributed by atoms with E-state index in [1.54, 1.807) is 0 Å². The molecule has 166 valence electrons. The highest BCUT2D eigenvalue weighted by Crippen LogP contribution is 2.24. The van der Waals surface area contributed by atoms with Gasteiger partial charge in [0, 0.05) is 37.6 Å². The fourth-order valence-electron chi connectivity index (χ4n) is 3.16. The number of hydrogen-bond acceptors (Lipinski definition) is 4. The van der Waals surface area contributed by atoms with Gasteiger partial charge in [0.1, 0.15) is 5.75 Å². The first-order chi connectivity index (χ1) is 14.7. The molecule has 31 heavy (non-hydrogen) atoms. The van der Waals surface area contributed by atoms with E-state index in [1.165, 1.54) is 12.1 Å². The number of alkyl halides is 3. The second kappa shape index (κ2) is 9.97. The lowest BCUT2D eigenvalue weighted by Gasteiger charge is -2.36. The number of carbonyl (C=O) groups is 1. The molecule has 0 bridgehead atoms. The Kier molecular flexibility index (Phi) is 7.34. The third-order valence-corrected chi connectivity index (χ3v) is 5.15. The summed E-state index contributed by atoms with van der Waals surface area (Å²) < 4.78 is 40.4. The minimum absolute atomic E-state index is 0.187. The Morgan fingerprint density at radius 2 is 1.68 bits per heavy atom. The lowest BCUT2D eigenvalue weighted by Crippen LogP contribution is -2.51. The van der Waals surface area contributed by atoms with E-state index in [0.29, 0.717) is 37.0 Å². The second-order valence-corrected chi connectivity index (χ2v) is 7.52. The minimum Gasteiger partial charge on any atom is -0.406 e. The highest BCUT2D eigenvalue weighted by atomic mass is 32.1. The number of benzene rings is 2. The molecule has 0 spiro atoms. The summed E-state index contributed by atoms with van der Waals surface area (Å²) in [7, 11) is 0. The van der Waals surface area contributed by atoms with Crippen LogP contribution >= 0.6 is 12.2 Å². The van der Waals surface area contributed by atoms with Gasteiger partial charge in [0.05, 0.1) is 6.54 Å². The zero-order chi connectivity index (χ0) is 22.4. The van der Waals surface area contributed by atoms with Crippen molar-refractivity contribution in [2.45, 2.75) is 13.3 Å². The molecule has 1 amide bonds. The van der Waals surface area contributed by atoms with Crippen LogP contribution in [0.4, 0.5) is 24.5 Å². The number of hydrogen-bond donors (Lipinski definition) is 2. The van der Waals surface area contributed by atoms with Gasteiger partial charge in [0.2, 0.25) is 5.91 Å². The van der Waals surface area contributed by atoms with Crippen molar-refractivity contribution in [2.75, 3.05) is 43.4 Å². The fraction of sp³-hybridized carbons (Fsp3) is 0.333. The number of aryl methyl sites for hydroxylation is 1. The molecular formula is C21H23F3N4O2S. The molecule has 1 fully saturated rings. The molecule has 1 aliphatic rings.